The van der Waals surface area contributed by atoms with Crippen LogP contribution in [-0.4, -0.2) is 11.7 Å². The molecule has 5 heteroatoms. The van der Waals surface area contributed by atoms with Crippen molar-refractivity contribution >= 4 is 29.4 Å². The number of halogens is 2. The van der Waals surface area contributed by atoms with E-state index in [0.717, 1.165) is 11.6 Å². The summed E-state index contributed by atoms with van der Waals surface area (Å²) < 4.78 is 13.1. The number of hydrogen-bond acceptors (Lipinski definition) is 2. The standard InChI is InChI=1S/C19H17ClFNO2/c1-12(14-6-4-3-5-7-14)22-19(24)17(13(2)23)10-15-8-9-16(21)11-18(15)20/h3-12H,1-2H3,(H,22,24)/b17-10+/t12-/m1/s1. The second-order valence-electron chi connectivity index (χ2n) is 5.39. The van der Waals surface area contributed by atoms with E-state index in [1.54, 1.807) is 0 Å². The van der Waals surface area contributed by atoms with Gasteiger partial charge in [-0.1, -0.05) is 48.0 Å². The van der Waals surface area contributed by atoms with E-state index in [4.69, 9.17) is 11.6 Å². The van der Waals surface area contributed by atoms with Crippen molar-refractivity contribution in [3.8, 4) is 0 Å². The smallest absolute Gasteiger partial charge is 0.255 e. The molecule has 1 atom stereocenters. The molecule has 0 spiro atoms. The van der Waals surface area contributed by atoms with Crippen molar-refractivity contribution in [2.24, 2.45) is 0 Å². The third kappa shape index (κ3) is 4.52. The van der Waals surface area contributed by atoms with E-state index in [1.807, 2.05) is 37.3 Å². The van der Waals surface area contributed by atoms with Gasteiger partial charge in [0.1, 0.15) is 5.82 Å². The Morgan fingerprint density at radius 2 is 1.83 bits per heavy atom. The van der Waals surface area contributed by atoms with E-state index in [-0.39, 0.29) is 16.6 Å². The highest BCUT2D eigenvalue weighted by Crippen LogP contribution is 2.21. The lowest BCUT2D eigenvalue weighted by molar-refractivity contribution is -0.122. The van der Waals surface area contributed by atoms with Crippen molar-refractivity contribution < 1.29 is 14.0 Å². The van der Waals surface area contributed by atoms with Gasteiger partial charge in [0.05, 0.1) is 16.6 Å². The second-order valence-corrected chi connectivity index (χ2v) is 5.79. The summed E-state index contributed by atoms with van der Waals surface area (Å²) in [7, 11) is 0. The number of amides is 1. The molecule has 24 heavy (non-hydrogen) atoms. The maximum absolute atomic E-state index is 13.1. The van der Waals surface area contributed by atoms with Crippen LogP contribution in [0.3, 0.4) is 0 Å². The lowest BCUT2D eigenvalue weighted by Gasteiger charge is -2.15. The van der Waals surface area contributed by atoms with E-state index >= 15 is 0 Å². The Bertz CT molecular complexity index is 787. The summed E-state index contributed by atoms with van der Waals surface area (Å²) in [6.45, 7) is 3.13. The monoisotopic (exact) mass is 345 g/mol. The van der Waals surface area contributed by atoms with Crippen LogP contribution in [0.5, 0.6) is 0 Å². The van der Waals surface area contributed by atoms with Gasteiger partial charge in [-0.15, -0.1) is 0 Å². The van der Waals surface area contributed by atoms with Gasteiger partial charge in [-0.2, -0.15) is 0 Å². The summed E-state index contributed by atoms with van der Waals surface area (Å²) in [6.07, 6.45) is 1.37. The largest absolute Gasteiger partial charge is 0.345 e. The zero-order valence-corrected chi connectivity index (χ0v) is 14.1. The van der Waals surface area contributed by atoms with Gasteiger partial charge in [0.25, 0.3) is 5.91 Å². The molecule has 124 valence electrons. The number of ketones is 1. The fourth-order valence-electron chi connectivity index (χ4n) is 2.20. The highest BCUT2D eigenvalue weighted by atomic mass is 35.5. The van der Waals surface area contributed by atoms with Crippen LogP contribution in [0, 0.1) is 5.82 Å². The first-order chi connectivity index (χ1) is 11.4. The zero-order chi connectivity index (χ0) is 17.7. The molecule has 1 amide bonds. The second kappa shape index (κ2) is 7.88. The van der Waals surface area contributed by atoms with Gasteiger partial charge in [-0.3, -0.25) is 9.59 Å². The lowest BCUT2D eigenvalue weighted by atomic mass is 10.0. The van der Waals surface area contributed by atoms with Crippen LogP contribution in [0.25, 0.3) is 6.08 Å². The number of carbonyl (C=O) groups excluding carboxylic acids is 2. The summed E-state index contributed by atoms with van der Waals surface area (Å²) in [5.41, 5.74) is 1.30. The van der Waals surface area contributed by atoms with Crippen molar-refractivity contribution in [3.05, 3.63) is 76.1 Å². The Kier molecular flexibility index (Phi) is 5.88. The van der Waals surface area contributed by atoms with Gasteiger partial charge in [0.15, 0.2) is 5.78 Å². The van der Waals surface area contributed by atoms with Crippen LogP contribution in [-0.2, 0) is 9.59 Å². The number of hydrogen-bond donors (Lipinski definition) is 1. The molecule has 0 bridgehead atoms. The highest BCUT2D eigenvalue weighted by Gasteiger charge is 2.18. The molecule has 0 aliphatic rings. The van der Waals surface area contributed by atoms with Gasteiger partial charge < -0.3 is 5.32 Å². The molecule has 2 rings (SSSR count). The molecule has 0 unspecified atom stereocenters. The molecule has 0 aliphatic carbocycles. The lowest BCUT2D eigenvalue weighted by Crippen LogP contribution is -2.30. The topological polar surface area (TPSA) is 46.2 Å². The molecule has 0 fully saturated rings. The third-order valence-corrected chi connectivity index (χ3v) is 3.86. The molecule has 2 aromatic rings. The van der Waals surface area contributed by atoms with Crippen LogP contribution < -0.4 is 5.32 Å². The van der Waals surface area contributed by atoms with Crippen molar-refractivity contribution in [2.75, 3.05) is 0 Å². The minimum Gasteiger partial charge on any atom is -0.345 e. The molecule has 2 aromatic carbocycles. The summed E-state index contributed by atoms with van der Waals surface area (Å²) in [4.78, 5) is 24.3. The van der Waals surface area contributed by atoms with E-state index in [0.29, 0.717) is 5.56 Å². The van der Waals surface area contributed by atoms with E-state index in [1.165, 1.54) is 25.1 Å². The van der Waals surface area contributed by atoms with Crippen molar-refractivity contribution in [1.29, 1.82) is 0 Å². The first-order valence-corrected chi connectivity index (χ1v) is 7.79. The quantitative estimate of drug-likeness (QED) is 0.498. The maximum Gasteiger partial charge on any atom is 0.255 e. The summed E-state index contributed by atoms with van der Waals surface area (Å²) >= 11 is 5.96. The molecule has 3 nitrogen and oxygen atoms in total. The molecular formula is C19H17ClFNO2. The number of Topliss-reactive ketones (excluding diaryl/α,β-unsaturated/α-hetero) is 1. The van der Waals surface area contributed by atoms with Gasteiger partial charge in [-0.25, -0.2) is 4.39 Å². The maximum atomic E-state index is 13.1. The van der Waals surface area contributed by atoms with E-state index in [9.17, 15) is 14.0 Å². The SMILES string of the molecule is CC(=O)/C(=C\c1ccc(F)cc1Cl)C(=O)N[C@H](C)c1ccccc1. The number of rotatable bonds is 5. The van der Waals surface area contributed by atoms with Crippen LogP contribution in [0.4, 0.5) is 4.39 Å². The van der Waals surface area contributed by atoms with Crippen LogP contribution in [0.15, 0.2) is 54.1 Å². The minimum atomic E-state index is -0.501. The molecule has 0 saturated carbocycles. The molecule has 0 heterocycles. The summed E-state index contributed by atoms with van der Waals surface area (Å²) in [6, 6.07) is 12.9. The Balaban J connectivity index is 2.25. The first kappa shape index (κ1) is 17.9. The predicted octanol–water partition coefficient (Wildman–Crippen LogP) is 4.33. The highest BCUT2D eigenvalue weighted by molar-refractivity contribution is 6.32. The van der Waals surface area contributed by atoms with E-state index in [2.05, 4.69) is 5.32 Å². The molecule has 1 N–H and O–H groups in total. The van der Waals surface area contributed by atoms with Crippen LogP contribution >= 0.6 is 11.6 Å². The summed E-state index contributed by atoms with van der Waals surface area (Å²) in [5.74, 6) is -1.38. The normalized spacial score (nSPS) is 12.6. The zero-order valence-electron chi connectivity index (χ0n) is 13.3. The van der Waals surface area contributed by atoms with Crippen molar-refractivity contribution in [2.45, 2.75) is 19.9 Å². The Hall–Kier alpha value is -2.46. The molecule has 0 radical (unpaired) electrons. The minimum absolute atomic E-state index is 0.0358. The fraction of sp³-hybridized carbons (Fsp3) is 0.158. The Morgan fingerprint density at radius 3 is 2.42 bits per heavy atom. The molecule has 0 aromatic heterocycles. The molecule has 0 aliphatic heterocycles. The fourth-order valence-corrected chi connectivity index (χ4v) is 2.42. The van der Waals surface area contributed by atoms with E-state index < -0.39 is 17.5 Å². The Morgan fingerprint density at radius 1 is 1.17 bits per heavy atom. The van der Waals surface area contributed by atoms with Crippen molar-refractivity contribution in [1.82, 2.24) is 5.32 Å². The predicted molar refractivity (Wildman–Crippen MR) is 93.1 cm³/mol. The van der Waals surface area contributed by atoms with Gasteiger partial charge >= 0.3 is 0 Å². The van der Waals surface area contributed by atoms with Gasteiger partial charge in [0, 0.05) is 0 Å². The first-order valence-electron chi connectivity index (χ1n) is 7.42. The van der Waals surface area contributed by atoms with Crippen LogP contribution in [0.2, 0.25) is 5.02 Å². The average Bonchev–Trinajstić information content (AvgIpc) is 2.54. The summed E-state index contributed by atoms with van der Waals surface area (Å²) in [5, 5.41) is 2.92. The van der Waals surface area contributed by atoms with Gasteiger partial charge in [-0.05, 0) is 43.2 Å². The van der Waals surface area contributed by atoms with Crippen LogP contribution in [0.1, 0.15) is 31.0 Å². The Labute approximate surface area is 145 Å². The molecular weight excluding hydrogens is 329 g/mol. The number of carbonyl (C=O) groups is 2. The average molecular weight is 346 g/mol. The van der Waals surface area contributed by atoms with Gasteiger partial charge in [0.2, 0.25) is 0 Å². The number of benzene rings is 2. The third-order valence-electron chi connectivity index (χ3n) is 3.53. The van der Waals surface area contributed by atoms with Crippen molar-refractivity contribution in [3.63, 3.8) is 0 Å². The molecule has 0 saturated heterocycles. The number of nitrogens with one attached hydrogen (secondary N) is 1.